The molecule has 0 aromatic carbocycles. The van der Waals surface area contributed by atoms with E-state index in [1.54, 1.807) is 12.1 Å². The fourth-order valence-electron chi connectivity index (χ4n) is 1.82. The fourth-order valence-corrected chi connectivity index (χ4v) is 3.53. The first-order chi connectivity index (χ1) is 7.62. The Morgan fingerprint density at radius 2 is 2.06 bits per heavy atom. The summed E-state index contributed by atoms with van der Waals surface area (Å²) >= 11 is 0. The minimum Gasteiger partial charge on any atom is -0.310 e. The van der Waals surface area contributed by atoms with Crippen LogP contribution in [0.15, 0.2) is 29.4 Å². The standard InChI is InChI=1S/C10H15N3O2S/c1-8-10(13-7-6-11-8)16(14,15)9-4-2-3-5-12-9/h2-5,8,10-11,13H,6-7H2,1H3. The highest BCUT2D eigenvalue weighted by molar-refractivity contribution is 7.92. The third kappa shape index (κ3) is 2.09. The van der Waals surface area contributed by atoms with Crippen LogP contribution in [0.3, 0.4) is 0 Å². The molecular weight excluding hydrogens is 226 g/mol. The van der Waals surface area contributed by atoms with Gasteiger partial charge in [-0.1, -0.05) is 6.07 Å². The van der Waals surface area contributed by atoms with E-state index in [1.165, 1.54) is 12.3 Å². The number of hydrogen-bond acceptors (Lipinski definition) is 5. The first-order valence-corrected chi connectivity index (χ1v) is 6.79. The van der Waals surface area contributed by atoms with Crippen LogP contribution in [-0.4, -0.2) is 37.9 Å². The molecule has 0 amide bonds. The van der Waals surface area contributed by atoms with Gasteiger partial charge in [-0.05, 0) is 19.1 Å². The van der Waals surface area contributed by atoms with Crippen LogP contribution in [0, 0.1) is 0 Å². The summed E-state index contributed by atoms with van der Waals surface area (Å²) in [7, 11) is -3.40. The highest BCUT2D eigenvalue weighted by Crippen LogP contribution is 2.15. The SMILES string of the molecule is CC1NCCNC1S(=O)(=O)c1ccccn1. The molecule has 16 heavy (non-hydrogen) atoms. The van der Waals surface area contributed by atoms with Crippen LogP contribution in [-0.2, 0) is 9.84 Å². The van der Waals surface area contributed by atoms with E-state index in [1.807, 2.05) is 6.92 Å². The Morgan fingerprint density at radius 3 is 2.69 bits per heavy atom. The third-order valence-electron chi connectivity index (χ3n) is 2.65. The zero-order chi connectivity index (χ0) is 11.6. The Morgan fingerprint density at radius 1 is 1.31 bits per heavy atom. The third-order valence-corrected chi connectivity index (χ3v) is 4.72. The average Bonchev–Trinajstić information content (AvgIpc) is 2.30. The summed E-state index contributed by atoms with van der Waals surface area (Å²) in [6.45, 7) is 3.30. The normalized spacial score (nSPS) is 26.6. The van der Waals surface area contributed by atoms with E-state index in [0.717, 1.165) is 6.54 Å². The van der Waals surface area contributed by atoms with Crippen LogP contribution in [0.25, 0.3) is 0 Å². The topological polar surface area (TPSA) is 71.1 Å². The van der Waals surface area contributed by atoms with Crippen molar-refractivity contribution in [2.75, 3.05) is 13.1 Å². The fraction of sp³-hybridized carbons (Fsp3) is 0.500. The first-order valence-electron chi connectivity index (χ1n) is 5.24. The van der Waals surface area contributed by atoms with Crippen LogP contribution in [0.5, 0.6) is 0 Å². The lowest BCUT2D eigenvalue weighted by Gasteiger charge is -2.30. The highest BCUT2D eigenvalue weighted by Gasteiger charge is 2.34. The number of piperazine rings is 1. The van der Waals surface area contributed by atoms with Crippen LogP contribution >= 0.6 is 0 Å². The van der Waals surface area contributed by atoms with Crippen molar-refractivity contribution in [3.8, 4) is 0 Å². The van der Waals surface area contributed by atoms with E-state index < -0.39 is 15.2 Å². The molecule has 1 aromatic rings. The molecule has 0 bridgehead atoms. The van der Waals surface area contributed by atoms with Gasteiger partial charge in [0.1, 0.15) is 5.37 Å². The molecule has 1 aliphatic rings. The molecule has 2 unspecified atom stereocenters. The van der Waals surface area contributed by atoms with Crippen LogP contribution in [0.1, 0.15) is 6.92 Å². The second kappa shape index (κ2) is 4.48. The van der Waals surface area contributed by atoms with Gasteiger partial charge in [-0.3, -0.25) is 5.32 Å². The zero-order valence-electron chi connectivity index (χ0n) is 9.05. The average molecular weight is 241 g/mol. The van der Waals surface area contributed by atoms with Gasteiger partial charge in [0.15, 0.2) is 5.03 Å². The van der Waals surface area contributed by atoms with Crippen molar-refractivity contribution in [1.82, 2.24) is 15.6 Å². The van der Waals surface area contributed by atoms with Gasteiger partial charge >= 0.3 is 0 Å². The molecule has 0 radical (unpaired) electrons. The Hall–Kier alpha value is -0.980. The summed E-state index contributed by atoms with van der Waals surface area (Å²) in [5, 5.41) is 5.68. The highest BCUT2D eigenvalue weighted by atomic mass is 32.2. The lowest BCUT2D eigenvalue weighted by molar-refractivity contribution is 0.396. The van der Waals surface area contributed by atoms with Gasteiger partial charge in [0.05, 0.1) is 0 Å². The van der Waals surface area contributed by atoms with E-state index in [2.05, 4.69) is 15.6 Å². The molecule has 2 heterocycles. The summed E-state index contributed by atoms with van der Waals surface area (Å²) < 4.78 is 24.5. The van der Waals surface area contributed by atoms with E-state index >= 15 is 0 Å². The number of nitrogens with zero attached hydrogens (tertiary/aromatic N) is 1. The van der Waals surface area contributed by atoms with E-state index in [4.69, 9.17) is 0 Å². The van der Waals surface area contributed by atoms with Gasteiger partial charge < -0.3 is 5.32 Å². The Labute approximate surface area is 95.2 Å². The largest absolute Gasteiger partial charge is 0.310 e. The van der Waals surface area contributed by atoms with Gasteiger partial charge in [-0.15, -0.1) is 0 Å². The number of pyridine rings is 1. The molecule has 1 fully saturated rings. The lowest BCUT2D eigenvalue weighted by atomic mass is 10.3. The molecule has 2 rings (SSSR count). The zero-order valence-corrected chi connectivity index (χ0v) is 9.87. The molecule has 1 saturated heterocycles. The Bertz CT molecular complexity index is 446. The van der Waals surface area contributed by atoms with Crippen molar-refractivity contribution in [3.63, 3.8) is 0 Å². The summed E-state index contributed by atoms with van der Waals surface area (Å²) in [6, 6.07) is 4.80. The number of hydrogen-bond donors (Lipinski definition) is 2. The van der Waals surface area contributed by atoms with E-state index in [9.17, 15) is 8.42 Å². The van der Waals surface area contributed by atoms with Crippen molar-refractivity contribution in [2.24, 2.45) is 0 Å². The Kier molecular flexibility index (Phi) is 3.22. The van der Waals surface area contributed by atoms with Crippen molar-refractivity contribution in [3.05, 3.63) is 24.4 Å². The maximum absolute atomic E-state index is 12.2. The quantitative estimate of drug-likeness (QED) is 0.748. The predicted octanol–water partition coefficient (Wildman–Crippen LogP) is -0.237. The predicted molar refractivity (Wildman–Crippen MR) is 60.7 cm³/mol. The smallest absolute Gasteiger partial charge is 0.212 e. The molecule has 0 spiro atoms. The van der Waals surface area contributed by atoms with Crippen molar-refractivity contribution < 1.29 is 8.42 Å². The molecular formula is C10H15N3O2S. The lowest BCUT2D eigenvalue weighted by Crippen LogP contribution is -2.57. The molecule has 1 aromatic heterocycles. The molecule has 1 aliphatic heterocycles. The second-order valence-corrected chi connectivity index (χ2v) is 5.85. The molecule has 2 N–H and O–H groups in total. The molecule has 6 heteroatoms. The maximum Gasteiger partial charge on any atom is 0.212 e. The molecule has 0 aliphatic carbocycles. The van der Waals surface area contributed by atoms with Gasteiger partial charge in [0.2, 0.25) is 9.84 Å². The van der Waals surface area contributed by atoms with Gasteiger partial charge in [-0.2, -0.15) is 0 Å². The van der Waals surface area contributed by atoms with Crippen molar-refractivity contribution in [2.45, 2.75) is 23.4 Å². The van der Waals surface area contributed by atoms with Crippen LogP contribution in [0.2, 0.25) is 0 Å². The second-order valence-electron chi connectivity index (χ2n) is 3.83. The number of aromatic nitrogens is 1. The number of rotatable bonds is 2. The summed E-state index contributed by atoms with van der Waals surface area (Å²) in [5.41, 5.74) is 0. The molecule has 5 nitrogen and oxygen atoms in total. The molecule has 88 valence electrons. The molecule has 2 atom stereocenters. The number of nitrogens with one attached hydrogen (secondary N) is 2. The first kappa shape index (κ1) is 11.5. The van der Waals surface area contributed by atoms with Gasteiger partial charge in [0, 0.05) is 25.3 Å². The minimum absolute atomic E-state index is 0.110. The maximum atomic E-state index is 12.2. The van der Waals surface area contributed by atoms with Crippen LogP contribution < -0.4 is 10.6 Å². The van der Waals surface area contributed by atoms with Gasteiger partial charge in [-0.25, -0.2) is 13.4 Å². The van der Waals surface area contributed by atoms with Crippen LogP contribution in [0.4, 0.5) is 0 Å². The van der Waals surface area contributed by atoms with Crippen molar-refractivity contribution >= 4 is 9.84 Å². The van der Waals surface area contributed by atoms with Crippen molar-refractivity contribution in [1.29, 1.82) is 0 Å². The van der Waals surface area contributed by atoms with Gasteiger partial charge in [0.25, 0.3) is 0 Å². The minimum atomic E-state index is -3.40. The molecule has 0 saturated carbocycles. The summed E-state index contributed by atoms with van der Waals surface area (Å²) in [6.07, 6.45) is 1.49. The number of sulfone groups is 1. The summed E-state index contributed by atoms with van der Waals surface area (Å²) in [5.74, 6) is 0. The Balaban J connectivity index is 2.32. The monoisotopic (exact) mass is 241 g/mol. The van der Waals surface area contributed by atoms with E-state index in [0.29, 0.717) is 6.54 Å². The van der Waals surface area contributed by atoms with E-state index in [-0.39, 0.29) is 11.1 Å². The summed E-state index contributed by atoms with van der Waals surface area (Å²) in [4.78, 5) is 3.90.